The van der Waals surface area contributed by atoms with Crippen molar-refractivity contribution in [3.8, 4) is 5.75 Å². The van der Waals surface area contributed by atoms with Gasteiger partial charge in [0.15, 0.2) is 5.11 Å². The fraction of sp³-hybridized carbons (Fsp3) is 0.158. The highest BCUT2D eigenvalue weighted by atomic mass is 35.5. The van der Waals surface area contributed by atoms with Crippen LogP contribution in [0.2, 0.25) is 5.02 Å². The molecule has 0 saturated carbocycles. The maximum atomic E-state index is 6.02. The molecule has 0 aliphatic rings. The predicted octanol–water partition coefficient (Wildman–Crippen LogP) is 4.79. The van der Waals surface area contributed by atoms with E-state index in [1.54, 1.807) is 6.20 Å². The van der Waals surface area contributed by atoms with Crippen molar-refractivity contribution >= 4 is 40.3 Å². The van der Waals surface area contributed by atoms with Crippen molar-refractivity contribution in [2.24, 2.45) is 0 Å². The first-order valence-electron chi connectivity index (χ1n) is 8.21. The highest BCUT2D eigenvalue weighted by Gasteiger charge is 2.06. The molecular formula is C19H19ClN4OS. The van der Waals surface area contributed by atoms with Gasteiger partial charge < -0.3 is 15.4 Å². The number of aromatic nitrogens is 2. The topological polar surface area (TPSA) is 51.1 Å². The lowest BCUT2D eigenvalue weighted by Gasteiger charge is -2.13. The zero-order valence-electron chi connectivity index (χ0n) is 14.3. The lowest BCUT2D eigenvalue weighted by Crippen LogP contribution is -2.19. The van der Waals surface area contributed by atoms with E-state index in [9.17, 15) is 0 Å². The molecule has 26 heavy (non-hydrogen) atoms. The van der Waals surface area contributed by atoms with E-state index < -0.39 is 0 Å². The van der Waals surface area contributed by atoms with Crippen molar-refractivity contribution in [3.63, 3.8) is 0 Å². The second kappa shape index (κ2) is 8.69. The Morgan fingerprint density at radius 1 is 1.19 bits per heavy atom. The van der Waals surface area contributed by atoms with E-state index >= 15 is 0 Å². The van der Waals surface area contributed by atoms with Gasteiger partial charge in [-0.3, -0.25) is 4.68 Å². The fourth-order valence-electron chi connectivity index (χ4n) is 2.47. The number of para-hydroxylation sites is 2. The van der Waals surface area contributed by atoms with Crippen LogP contribution in [0.1, 0.15) is 12.5 Å². The number of anilines is 2. The van der Waals surface area contributed by atoms with E-state index in [1.165, 1.54) is 0 Å². The molecule has 1 heterocycles. The second-order valence-corrected chi connectivity index (χ2v) is 6.41. The molecule has 0 atom stereocenters. The molecule has 5 nitrogen and oxygen atoms in total. The van der Waals surface area contributed by atoms with Crippen LogP contribution in [0.25, 0.3) is 0 Å². The average Bonchev–Trinajstić information content (AvgIpc) is 3.03. The summed E-state index contributed by atoms with van der Waals surface area (Å²) in [5.41, 5.74) is 2.70. The monoisotopic (exact) mass is 386 g/mol. The standard InChI is InChI=1S/C19H19ClN4OS/c1-2-25-18-9-4-3-8-17(18)23-19(26)22-16-11-21-24(13-16)12-14-6-5-7-15(20)10-14/h3-11,13H,2,12H2,1H3,(H2,22,23,26). The Morgan fingerprint density at radius 2 is 2.04 bits per heavy atom. The Bertz CT molecular complexity index is 897. The van der Waals surface area contributed by atoms with Gasteiger partial charge >= 0.3 is 0 Å². The Labute approximate surface area is 162 Å². The third-order valence-electron chi connectivity index (χ3n) is 3.56. The van der Waals surface area contributed by atoms with Gasteiger partial charge in [0.1, 0.15) is 5.75 Å². The summed E-state index contributed by atoms with van der Waals surface area (Å²) in [4.78, 5) is 0. The predicted molar refractivity (Wildman–Crippen MR) is 110 cm³/mol. The van der Waals surface area contributed by atoms with Crippen LogP contribution in [-0.4, -0.2) is 21.5 Å². The third kappa shape index (κ3) is 4.97. The molecule has 0 spiro atoms. The maximum absolute atomic E-state index is 6.02. The van der Waals surface area contributed by atoms with Crippen molar-refractivity contribution in [3.05, 3.63) is 71.5 Å². The van der Waals surface area contributed by atoms with Crippen LogP contribution < -0.4 is 15.4 Å². The van der Waals surface area contributed by atoms with Gasteiger partial charge in [-0.15, -0.1) is 0 Å². The smallest absolute Gasteiger partial charge is 0.175 e. The molecule has 134 valence electrons. The third-order valence-corrected chi connectivity index (χ3v) is 4.00. The summed E-state index contributed by atoms with van der Waals surface area (Å²) in [7, 11) is 0. The molecule has 3 rings (SSSR count). The average molecular weight is 387 g/mol. The molecule has 0 fully saturated rings. The normalized spacial score (nSPS) is 10.4. The molecule has 0 aliphatic heterocycles. The molecule has 0 unspecified atom stereocenters. The highest BCUT2D eigenvalue weighted by Crippen LogP contribution is 2.24. The molecule has 0 radical (unpaired) electrons. The number of hydrogen-bond donors (Lipinski definition) is 2. The lowest BCUT2D eigenvalue weighted by molar-refractivity contribution is 0.342. The van der Waals surface area contributed by atoms with E-state index in [0.29, 0.717) is 23.3 Å². The number of benzene rings is 2. The van der Waals surface area contributed by atoms with Crippen LogP contribution in [0.5, 0.6) is 5.75 Å². The molecule has 2 N–H and O–H groups in total. The number of ether oxygens (including phenoxy) is 1. The molecule has 0 amide bonds. The van der Waals surface area contributed by atoms with E-state index in [1.807, 2.05) is 66.3 Å². The van der Waals surface area contributed by atoms with Gasteiger partial charge in [0.25, 0.3) is 0 Å². The molecule has 3 aromatic rings. The van der Waals surface area contributed by atoms with Gasteiger partial charge in [-0.1, -0.05) is 35.9 Å². The lowest BCUT2D eigenvalue weighted by atomic mass is 10.2. The van der Waals surface area contributed by atoms with Crippen LogP contribution in [0.3, 0.4) is 0 Å². The number of nitrogens with zero attached hydrogens (tertiary/aromatic N) is 2. The van der Waals surface area contributed by atoms with Crippen molar-refractivity contribution < 1.29 is 4.74 Å². The molecule has 1 aromatic heterocycles. The van der Waals surface area contributed by atoms with Crippen LogP contribution in [0.4, 0.5) is 11.4 Å². The van der Waals surface area contributed by atoms with Crippen LogP contribution >= 0.6 is 23.8 Å². The van der Waals surface area contributed by atoms with Gasteiger partial charge in [-0.25, -0.2) is 0 Å². The summed E-state index contributed by atoms with van der Waals surface area (Å²) in [6.07, 6.45) is 3.62. The van der Waals surface area contributed by atoms with Crippen molar-refractivity contribution in [2.75, 3.05) is 17.2 Å². The van der Waals surface area contributed by atoms with E-state index in [-0.39, 0.29) is 0 Å². The van der Waals surface area contributed by atoms with Gasteiger partial charge in [0, 0.05) is 11.2 Å². The molecular weight excluding hydrogens is 368 g/mol. The van der Waals surface area contributed by atoms with Crippen molar-refractivity contribution in [1.82, 2.24) is 9.78 Å². The quantitative estimate of drug-likeness (QED) is 0.596. The largest absolute Gasteiger partial charge is 0.492 e. The maximum Gasteiger partial charge on any atom is 0.175 e. The van der Waals surface area contributed by atoms with Crippen LogP contribution in [-0.2, 0) is 6.54 Å². The number of hydrogen-bond acceptors (Lipinski definition) is 3. The number of thiocarbonyl (C=S) groups is 1. The van der Waals surface area contributed by atoms with Gasteiger partial charge in [0.05, 0.1) is 30.7 Å². The summed E-state index contributed by atoms with van der Waals surface area (Å²) in [5.74, 6) is 0.760. The number of nitrogens with one attached hydrogen (secondary N) is 2. The minimum absolute atomic E-state index is 0.472. The first-order valence-corrected chi connectivity index (χ1v) is 8.99. The van der Waals surface area contributed by atoms with Crippen LogP contribution in [0, 0.1) is 0 Å². The van der Waals surface area contributed by atoms with Crippen molar-refractivity contribution in [2.45, 2.75) is 13.5 Å². The molecule has 0 aliphatic carbocycles. The first kappa shape index (κ1) is 18.2. The summed E-state index contributed by atoms with van der Waals surface area (Å²) < 4.78 is 7.42. The Kier molecular flexibility index (Phi) is 6.09. The summed E-state index contributed by atoms with van der Waals surface area (Å²) in [6.45, 7) is 3.17. The second-order valence-electron chi connectivity index (χ2n) is 5.56. The molecule has 0 bridgehead atoms. The zero-order chi connectivity index (χ0) is 18.4. The summed E-state index contributed by atoms with van der Waals surface area (Å²) >= 11 is 11.4. The Morgan fingerprint density at radius 3 is 2.85 bits per heavy atom. The number of halogens is 1. The molecule has 0 saturated heterocycles. The van der Waals surface area contributed by atoms with E-state index in [0.717, 1.165) is 22.7 Å². The van der Waals surface area contributed by atoms with Crippen molar-refractivity contribution in [1.29, 1.82) is 0 Å². The minimum Gasteiger partial charge on any atom is -0.492 e. The first-order chi connectivity index (χ1) is 12.6. The number of rotatable bonds is 6. The Balaban J connectivity index is 1.61. The molecule has 7 heteroatoms. The minimum atomic E-state index is 0.472. The van der Waals surface area contributed by atoms with Crippen LogP contribution in [0.15, 0.2) is 60.9 Å². The summed E-state index contributed by atoms with van der Waals surface area (Å²) in [5, 5.41) is 11.8. The summed E-state index contributed by atoms with van der Waals surface area (Å²) in [6, 6.07) is 15.4. The van der Waals surface area contributed by atoms with Gasteiger partial charge in [0.2, 0.25) is 0 Å². The van der Waals surface area contributed by atoms with Gasteiger partial charge in [-0.05, 0) is 49.0 Å². The zero-order valence-corrected chi connectivity index (χ0v) is 15.8. The SMILES string of the molecule is CCOc1ccccc1NC(=S)Nc1cnn(Cc2cccc(Cl)c2)c1. The van der Waals surface area contributed by atoms with E-state index in [2.05, 4.69) is 15.7 Å². The molecule has 2 aromatic carbocycles. The van der Waals surface area contributed by atoms with Gasteiger partial charge in [-0.2, -0.15) is 5.10 Å². The highest BCUT2D eigenvalue weighted by molar-refractivity contribution is 7.80. The van der Waals surface area contributed by atoms with E-state index in [4.69, 9.17) is 28.6 Å². The Hall–Kier alpha value is -2.57. The fourth-order valence-corrected chi connectivity index (χ4v) is 2.91.